The second-order valence-electron chi connectivity index (χ2n) is 5.44. The van der Waals surface area contributed by atoms with Crippen LogP contribution in [0.4, 0.5) is 5.69 Å². The van der Waals surface area contributed by atoms with Gasteiger partial charge in [-0.2, -0.15) is 0 Å². The lowest BCUT2D eigenvalue weighted by atomic mass is 10.1. The molecule has 0 unspecified atom stereocenters. The van der Waals surface area contributed by atoms with Crippen molar-refractivity contribution in [3.63, 3.8) is 0 Å². The first kappa shape index (κ1) is 14.0. The van der Waals surface area contributed by atoms with Gasteiger partial charge in [0.15, 0.2) is 4.80 Å². The van der Waals surface area contributed by atoms with Crippen LogP contribution >= 0.6 is 11.3 Å². The lowest BCUT2D eigenvalue weighted by molar-refractivity contribution is 0.883. The van der Waals surface area contributed by atoms with E-state index in [1.54, 1.807) is 11.3 Å². The van der Waals surface area contributed by atoms with Gasteiger partial charge in [-0.25, -0.2) is 4.99 Å². The van der Waals surface area contributed by atoms with Gasteiger partial charge in [-0.15, -0.1) is 11.3 Å². The van der Waals surface area contributed by atoms with E-state index in [-0.39, 0.29) is 0 Å². The van der Waals surface area contributed by atoms with Crippen LogP contribution < -0.4 is 4.80 Å². The summed E-state index contributed by atoms with van der Waals surface area (Å²) in [6.45, 7) is 0. The summed E-state index contributed by atoms with van der Waals surface area (Å²) in [4.78, 5) is 5.90. The van der Waals surface area contributed by atoms with E-state index in [0.29, 0.717) is 0 Å². The van der Waals surface area contributed by atoms with Crippen LogP contribution in [-0.2, 0) is 7.05 Å². The van der Waals surface area contributed by atoms with E-state index >= 15 is 0 Å². The normalized spacial score (nSPS) is 12.0. The summed E-state index contributed by atoms with van der Waals surface area (Å²) in [7, 11) is 2.07. The minimum absolute atomic E-state index is 1.00. The molecule has 4 aromatic rings. The monoisotopic (exact) mass is 316 g/mol. The first-order valence-corrected chi connectivity index (χ1v) is 8.43. The Balaban J connectivity index is 1.88. The van der Waals surface area contributed by atoms with E-state index in [1.165, 1.54) is 22.0 Å². The van der Waals surface area contributed by atoms with Gasteiger partial charge in [-0.1, -0.05) is 66.7 Å². The van der Waals surface area contributed by atoms with Crippen molar-refractivity contribution in [3.8, 4) is 11.3 Å². The van der Waals surface area contributed by atoms with Crippen LogP contribution in [-0.4, -0.2) is 4.57 Å². The van der Waals surface area contributed by atoms with Gasteiger partial charge in [-0.05, 0) is 17.0 Å². The lowest BCUT2D eigenvalue weighted by Crippen LogP contribution is -2.10. The fourth-order valence-corrected chi connectivity index (χ4v) is 3.67. The summed E-state index contributed by atoms with van der Waals surface area (Å²) >= 11 is 1.67. The van der Waals surface area contributed by atoms with E-state index in [0.717, 1.165) is 10.5 Å². The molecular formula is C20H16N2S. The third-order valence-electron chi connectivity index (χ3n) is 3.98. The van der Waals surface area contributed by atoms with Crippen molar-refractivity contribution >= 4 is 27.8 Å². The largest absolute Gasteiger partial charge is 0.320 e. The maximum Gasteiger partial charge on any atom is 0.190 e. The van der Waals surface area contributed by atoms with Gasteiger partial charge in [0.25, 0.3) is 0 Å². The highest BCUT2D eigenvalue weighted by Gasteiger charge is 2.05. The SMILES string of the molecule is Cn1c(-c2ccccc2)csc1=Nc1cccc2ccccc12. The van der Waals surface area contributed by atoms with Crippen molar-refractivity contribution in [1.82, 2.24) is 4.57 Å². The maximum atomic E-state index is 4.90. The van der Waals surface area contributed by atoms with Gasteiger partial charge >= 0.3 is 0 Å². The number of benzene rings is 3. The van der Waals surface area contributed by atoms with E-state index in [1.807, 2.05) is 6.07 Å². The zero-order valence-corrected chi connectivity index (χ0v) is 13.6. The van der Waals surface area contributed by atoms with Gasteiger partial charge in [-0.3, -0.25) is 0 Å². The van der Waals surface area contributed by atoms with Gasteiger partial charge in [0, 0.05) is 17.8 Å². The number of hydrogen-bond donors (Lipinski definition) is 0. The molecule has 112 valence electrons. The number of aromatic nitrogens is 1. The molecule has 0 saturated heterocycles. The Labute approximate surface area is 139 Å². The van der Waals surface area contributed by atoms with Gasteiger partial charge in [0.05, 0.1) is 11.4 Å². The van der Waals surface area contributed by atoms with E-state index in [9.17, 15) is 0 Å². The predicted molar refractivity (Wildman–Crippen MR) is 97.9 cm³/mol. The fraction of sp³-hybridized carbons (Fsp3) is 0.0500. The molecule has 3 heteroatoms. The predicted octanol–water partition coefficient (Wildman–Crippen LogP) is 5.14. The van der Waals surface area contributed by atoms with Gasteiger partial charge in [0.2, 0.25) is 0 Å². The molecule has 4 rings (SSSR count). The molecule has 0 N–H and O–H groups in total. The van der Waals surface area contributed by atoms with Crippen molar-refractivity contribution in [3.05, 3.63) is 83.0 Å². The molecule has 0 atom stereocenters. The first-order chi connectivity index (χ1) is 11.3. The molecular weight excluding hydrogens is 300 g/mol. The lowest BCUT2D eigenvalue weighted by Gasteiger charge is -2.03. The Morgan fingerprint density at radius 1 is 0.826 bits per heavy atom. The van der Waals surface area contributed by atoms with Crippen molar-refractivity contribution in [2.75, 3.05) is 0 Å². The molecule has 23 heavy (non-hydrogen) atoms. The third-order valence-corrected chi connectivity index (χ3v) is 4.89. The van der Waals surface area contributed by atoms with Crippen LogP contribution in [0.1, 0.15) is 0 Å². The van der Waals surface area contributed by atoms with Crippen LogP contribution in [0.5, 0.6) is 0 Å². The summed E-state index contributed by atoms with van der Waals surface area (Å²) < 4.78 is 2.15. The summed E-state index contributed by atoms with van der Waals surface area (Å²) in [6, 6.07) is 25.1. The molecule has 0 aliphatic heterocycles. The molecule has 0 aliphatic rings. The minimum atomic E-state index is 1.00. The second-order valence-corrected chi connectivity index (χ2v) is 6.28. The highest BCUT2D eigenvalue weighted by Crippen LogP contribution is 2.25. The van der Waals surface area contributed by atoms with E-state index in [4.69, 9.17) is 4.99 Å². The molecule has 1 heterocycles. The van der Waals surface area contributed by atoms with Gasteiger partial charge in [0.1, 0.15) is 0 Å². The first-order valence-electron chi connectivity index (χ1n) is 7.55. The maximum absolute atomic E-state index is 4.90. The van der Waals surface area contributed by atoms with Crippen LogP contribution in [0.15, 0.2) is 83.2 Å². The summed E-state index contributed by atoms with van der Waals surface area (Å²) in [5.41, 5.74) is 3.42. The average Bonchev–Trinajstić information content (AvgIpc) is 2.97. The highest BCUT2D eigenvalue weighted by molar-refractivity contribution is 7.07. The fourth-order valence-electron chi connectivity index (χ4n) is 2.75. The van der Waals surface area contributed by atoms with Crippen LogP contribution in [0, 0.1) is 0 Å². The molecule has 0 spiro atoms. The molecule has 1 aromatic heterocycles. The van der Waals surface area contributed by atoms with Crippen molar-refractivity contribution in [1.29, 1.82) is 0 Å². The number of rotatable bonds is 2. The number of fused-ring (bicyclic) bond motifs is 1. The zero-order valence-electron chi connectivity index (χ0n) is 12.8. The summed E-state index contributed by atoms with van der Waals surface area (Å²) in [6.07, 6.45) is 0. The quantitative estimate of drug-likeness (QED) is 0.487. The molecule has 0 fully saturated rings. The topological polar surface area (TPSA) is 17.3 Å². The van der Waals surface area contributed by atoms with Crippen molar-refractivity contribution < 1.29 is 0 Å². The van der Waals surface area contributed by atoms with Gasteiger partial charge < -0.3 is 4.57 Å². The second kappa shape index (κ2) is 5.86. The molecule has 3 aromatic carbocycles. The Bertz CT molecular complexity index is 1020. The molecule has 0 amide bonds. The average molecular weight is 316 g/mol. The Kier molecular flexibility index (Phi) is 3.56. The smallest absolute Gasteiger partial charge is 0.190 e. The molecule has 2 nitrogen and oxygen atoms in total. The summed E-state index contributed by atoms with van der Waals surface area (Å²) in [5.74, 6) is 0. The molecule has 0 saturated carbocycles. The van der Waals surface area contributed by atoms with Crippen molar-refractivity contribution in [2.24, 2.45) is 12.0 Å². The minimum Gasteiger partial charge on any atom is -0.320 e. The van der Waals surface area contributed by atoms with Crippen LogP contribution in [0.3, 0.4) is 0 Å². The zero-order chi connectivity index (χ0) is 15.6. The third kappa shape index (κ3) is 2.60. The molecule has 0 radical (unpaired) electrons. The summed E-state index contributed by atoms with van der Waals surface area (Å²) in [5, 5.41) is 4.57. The Morgan fingerprint density at radius 2 is 1.57 bits per heavy atom. The van der Waals surface area contributed by atoms with E-state index < -0.39 is 0 Å². The number of thiazole rings is 1. The van der Waals surface area contributed by atoms with Crippen LogP contribution in [0.2, 0.25) is 0 Å². The standard InChI is InChI=1S/C20H16N2S/c1-22-19(16-9-3-2-4-10-16)14-23-20(22)21-18-13-7-11-15-8-5-6-12-17(15)18/h2-14H,1H3. The van der Waals surface area contributed by atoms with Crippen LogP contribution in [0.25, 0.3) is 22.0 Å². The van der Waals surface area contributed by atoms with E-state index in [2.05, 4.69) is 83.7 Å². The molecule has 0 aliphatic carbocycles. The molecule has 0 bridgehead atoms. The van der Waals surface area contributed by atoms with Crippen molar-refractivity contribution in [2.45, 2.75) is 0 Å². The number of nitrogens with zero attached hydrogens (tertiary/aromatic N) is 2. The Morgan fingerprint density at radius 3 is 2.43 bits per heavy atom. The highest BCUT2D eigenvalue weighted by atomic mass is 32.1. The number of hydrogen-bond acceptors (Lipinski definition) is 2. The Hall–Kier alpha value is -2.65.